The Bertz CT molecular complexity index is 366. The maximum atomic E-state index is 12.8. The molecule has 0 aromatic heterocycles. The topological polar surface area (TPSA) is 49.3 Å². The van der Waals surface area contributed by atoms with Gasteiger partial charge in [-0.05, 0) is 43.1 Å². The quantitative estimate of drug-likeness (QED) is 0.725. The normalized spacial score (nSPS) is 10.4. The van der Waals surface area contributed by atoms with Gasteiger partial charge in [-0.2, -0.15) is 0 Å². The molecule has 0 saturated heterocycles. The number of rotatable bonds is 6. The van der Waals surface area contributed by atoms with Crippen LogP contribution < -0.4 is 5.32 Å². The summed E-state index contributed by atoms with van der Waals surface area (Å²) in [5, 5.41) is 11.5. The highest BCUT2D eigenvalue weighted by Crippen LogP contribution is 2.10. The zero-order valence-electron chi connectivity index (χ0n) is 9.29. The molecule has 0 atom stereocenters. The number of hydrogen-bond donors (Lipinski definition) is 2. The van der Waals surface area contributed by atoms with Gasteiger partial charge in [0.2, 0.25) is 0 Å². The molecule has 0 radical (unpaired) electrons. The molecule has 88 valence electrons. The van der Waals surface area contributed by atoms with E-state index >= 15 is 0 Å². The van der Waals surface area contributed by atoms with Gasteiger partial charge in [0, 0.05) is 6.54 Å². The van der Waals surface area contributed by atoms with Crippen molar-refractivity contribution >= 4 is 5.97 Å². The minimum absolute atomic E-state index is 0.127. The second kappa shape index (κ2) is 6.23. The van der Waals surface area contributed by atoms with Crippen molar-refractivity contribution in [3.8, 4) is 0 Å². The number of benzene rings is 1. The predicted octanol–water partition coefficient (Wildman–Crippen LogP) is 1.74. The van der Waals surface area contributed by atoms with Gasteiger partial charge in [0.05, 0.1) is 6.42 Å². The molecule has 0 aliphatic carbocycles. The molecule has 1 rings (SSSR count). The third-order valence-electron chi connectivity index (χ3n) is 2.39. The van der Waals surface area contributed by atoms with E-state index in [0.717, 1.165) is 17.5 Å². The number of aliphatic carboxylic acids is 1. The van der Waals surface area contributed by atoms with Gasteiger partial charge in [-0.1, -0.05) is 6.07 Å². The standard InChI is InChI=1S/C12H16FNO2/c1-9-8-11(13)3-2-10(9)4-6-14-7-5-12(15)16/h2-3,8,14H,4-7H2,1H3,(H,15,16). The first kappa shape index (κ1) is 12.6. The van der Waals surface area contributed by atoms with E-state index in [9.17, 15) is 9.18 Å². The van der Waals surface area contributed by atoms with E-state index in [-0.39, 0.29) is 12.2 Å². The number of aryl methyl sites for hydroxylation is 1. The molecule has 2 N–H and O–H groups in total. The van der Waals surface area contributed by atoms with Gasteiger partial charge >= 0.3 is 5.97 Å². The lowest BCUT2D eigenvalue weighted by Crippen LogP contribution is -2.21. The second-order valence-corrected chi connectivity index (χ2v) is 3.71. The van der Waals surface area contributed by atoms with Crippen LogP contribution in [0, 0.1) is 12.7 Å². The molecule has 0 aliphatic rings. The summed E-state index contributed by atoms with van der Waals surface area (Å²) in [5.41, 5.74) is 2.02. The van der Waals surface area contributed by atoms with Gasteiger partial charge < -0.3 is 10.4 Å². The molecule has 0 unspecified atom stereocenters. The van der Waals surface area contributed by atoms with Crippen LogP contribution in [0.2, 0.25) is 0 Å². The van der Waals surface area contributed by atoms with Crippen molar-refractivity contribution in [2.75, 3.05) is 13.1 Å². The summed E-state index contributed by atoms with van der Waals surface area (Å²) in [4.78, 5) is 10.2. The molecule has 16 heavy (non-hydrogen) atoms. The van der Waals surface area contributed by atoms with E-state index in [1.165, 1.54) is 12.1 Å². The number of carboxylic acids is 1. The first-order valence-corrected chi connectivity index (χ1v) is 5.27. The first-order valence-electron chi connectivity index (χ1n) is 5.27. The second-order valence-electron chi connectivity index (χ2n) is 3.71. The molecule has 0 saturated carbocycles. The monoisotopic (exact) mass is 225 g/mol. The zero-order valence-corrected chi connectivity index (χ0v) is 9.29. The lowest BCUT2D eigenvalue weighted by Gasteiger charge is -2.06. The Morgan fingerprint density at radius 3 is 2.81 bits per heavy atom. The van der Waals surface area contributed by atoms with Crippen LogP contribution in [0.3, 0.4) is 0 Å². The third kappa shape index (κ3) is 4.40. The van der Waals surface area contributed by atoms with E-state index in [4.69, 9.17) is 5.11 Å². The van der Waals surface area contributed by atoms with E-state index in [1.807, 2.05) is 6.92 Å². The number of hydrogen-bond acceptors (Lipinski definition) is 2. The van der Waals surface area contributed by atoms with Crippen molar-refractivity contribution in [3.63, 3.8) is 0 Å². The molecule has 1 aromatic rings. The van der Waals surface area contributed by atoms with Gasteiger partial charge in [-0.3, -0.25) is 4.79 Å². The smallest absolute Gasteiger partial charge is 0.304 e. The van der Waals surface area contributed by atoms with Gasteiger partial charge in [0.25, 0.3) is 0 Å². The molecule has 0 heterocycles. The summed E-state index contributed by atoms with van der Waals surface area (Å²) in [6, 6.07) is 4.72. The van der Waals surface area contributed by atoms with Crippen LogP contribution in [0.1, 0.15) is 17.5 Å². The Morgan fingerprint density at radius 1 is 1.44 bits per heavy atom. The Kier molecular flexibility index (Phi) is 4.92. The van der Waals surface area contributed by atoms with Crippen molar-refractivity contribution in [2.45, 2.75) is 19.8 Å². The van der Waals surface area contributed by atoms with Crippen molar-refractivity contribution in [2.24, 2.45) is 0 Å². The Balaban J connectivity index is 2.29. The SMILES string of the molecule is Cc1cc(F)ccc1CCNCCC(=O)O. The molecule has 0 fully saturated rings. The van der Waals surface area contributed by atoms with Crippen LogP contribution in [0.5, 0.6) is 0 Å². The van der Waals surface area contributed by atoms with Crippen LogP contribution >= 0.6 is 0 Å². The summed E-state index contributed by atoms with van der Waals surface area (Å²) in [6.07, 6.45) is 0.911. The lowest BCUT2D eigenvalue weighted by atomic mass is 10.1. The summed E-state index contributed by atoms with van der Waals surface area (Å²) >= 11 is 0. The summed E-state index contributed by atoms with van der Waals surface area (Å²) in [7, 11) is 0. The van der Waals surface area contributed by atoms with Crippen LogP contribution in [-0.4, -0.2) is 24.2 Å². The van der Waals surface area contributed by atoms with E-state index in [0.29, 0.717) is 13.1 Å². The number of nitrogens with one attached hydrogen (secondary N) is 1. The largest absolute Gasteiger partial charge is 0.481 e. The predicted molar refractivity (Wildman–Crippen MR) is 60.0 cm³/mol. The average Bonchev–Trinajstić information content (AvgIpc) is 2.20. The minimum atomic E-state index is -0.800. The fraction of sp³-hybridized carbons (Fsp3) is 0.417. The highest BCUT2D eigenvalue weighted by molar-refractivity contribution is 5.66. The number of carboxylic acid groups (broad SMARTS) is 1. The molecule has 0 amide bonds. The molecule has 1 aromatic carbocycles. The van der Waals surface area contributed by atoms with Crippen molar-refractivity contribution in [1.82, 2.24) is 5.32 Å². The Labute approximate surface area is 94.3 Å². The number of halogens is 1. The van der Waals surface area contributed by atoms with E-state index in [2.05, 4.69) is 5.32 Å². The Morgan fingerprint density at radius 2 is 2.19 bits per heavy atom. The van der Waals surface area contributed by atoms with Gasteiger partial charge in [-0.25, -0.2) is 4.39 Å². The molecular formula is C12H16FNO2. The lowest BCUT2D eigenvalue weighted by molar-refractivity contribution is -0.136. The van der Waals surface area contributed by atoms with Crippen LogP contribution in [0.15, 0.2) is 18.2 Å². The summed E-state index contributed by atoms with van der Waals surface area (Å²) < 4.78 is 12.8. The van der Waals surface area contributed by atoms with E-state index in [1.54, 1.807) is 6.07 Å². The van der Waals surface area contributed by atoms with Crippen LogP contribution in [0.25, 0.3) is 0 Å². The van der Waals surface area contributed by atoms with Crippen molar-refractivity contribution < 1.29 is 14.3 Å². The fourth-order valence-electron chi connectivity index (χ4n) is 1.48. The summed E-state index contributed by atoms with van der Waals surface area (Å²) in [5.74, 6) is -1.02. The van der Waals surface area contributed by atoms with Crippen LogP contribution in [-0.2, 0) is 11.2 Å². The molecule has 3 nitrogen and oxygen atoms in total. The molecule has 0 spiro atoms. The van der Waals surface area contributed by atoms with Gasteiger partial charge in [0.1, 0.15) is 5.82 Å². The summed E-state index contributed by atoms with van der Waals surface area (Å²) in [6.45, 7) is 3.05. The molecule has 4 heteroatoms. The van der Waals surface area contributed by atoms with Crippen molar-refractivity contribution in [1.29, 1.82) is 0 Å². The Hall–Kier alpha value is -1.42. The minimum Gasteiger partial charge on any atom is -0.481 e. The molecular weight excluding hydrogens is 209 g/mol. The van der Waals surface area contributed by atoms with E-state index < -0.39 is 5.97 Å². The highest BCUT2D eigenvalue weighted by Gasteiger charge is 2.00. The van der Waals surface area contributed by atoms with Gasteiger partial charge in [-0.15, -0.1) is 0 Å². The molecule has 0 bridgehead atoms. The number of carbonyl (C=O) groups is 1. The first-order chi connectivity index (χ1) is 7.59. The maximum absolute atomic E-state index is 12.8. The maximum Gasteiger partial charge on any atom is 0.304 e. The van der Waals surface area contributed by atoms with Gasteiger partial charge in [0.15, 0.2) is 0 Å². The average molecular weight is 225 g/mol. The van der Waals surface area contributed by atoms with Crippen LogP contribution in [0.4, 0.5) is 4.39 Å². The third-order valence-corrected chi connectivity index (χ3v) is 2.39. The fourth-order valence-corrected chi connectivity index (χ4v) is 1.48. The zero-order chi connectivity index (χ0) is 12.0. The molecule has 0 aliphatic heterocycles. The highest BCUT2D eigenvalue weighted by atomic mass is 19.1. The van der Waals surface area contributed by atoms with Crippen molar-refractivity contribution in [3.05, 3.63) is 35.1 Å².